The molecule has 1 aliphatic rings. The van der Waals surface area contributed by atoms with Crippen LogP contribution in [0.3, 0.4) is 0 Å². The van der Waals surface area contributed by atoms with Crippen molar-refractivity contribution in [2.45, 2.75) is 31.6 Å². The molecule has 1 fully saturated rings. The third kappa shape index (κ3) is 2.59. The molecule has 0 bridgehead atoms. The van der Waals surface area contributed by atoms with Crippen molar-refractivity contribution < 1.29 is 9.21 Å². The number of aryl methyl sites for hydroxylation is 1. The van der Waals surface area contributed by atoms with Gasteiger partial charge in [-0.3, -0.25) is 4.79 Å². The molecule has 2 atom stereocenters. The SMILES string of the molecule is Cc1occc1C(=O)NCC1CCC(Cl)C1. The summed E-state index contributed by atoms with van der Waals surface area (Å²) >= 11 is 6.02. The van der Waals surface area contributed by atoms with Crippen molar-refractivity contribution in [1.29, 1.82) is 0 Å². The van der Waals surface area contributed by atoms with Gasteiger partial charge in [0.05, 0.1) is 11.8 Å². The Morgan fingerprint density at radius 2 is 2.44 bits per heavy atom. The fourth-order valence-corrected chi connectivity index (χ4v) is 2.53. The lowest BCUT2D eigenvalue weighted by molar-refractivity contribution is 0.0946. The molecule has 0 spiro atoms. The third-order valence-corrected chi connectivity index (χ3v) is 3.53. The summed E-state index contributed by atoms with van der Waals surface area (Å²) in [6.45, 7) is 2.51. The highest BCUT2D eigenvalue weighted by Crippen LogP contribution is 2.28. The summed E-state index contributed by atoms with van der Waals surface area (Å²) in [5.41, 5.74) is 0.625. The molecular weight excluding hydrogens is 226 g/mol. The second-order valence-electron chi connectivity index (χ2n) is 4.38. The Hall–Kier alpha value is -0.960. The quantitative estimate of drug-likeness (QED) is 0.827. The van der Waals surface area contributed by atoms with E-state index in [1.807, 2.05) is 0 Å². The van der Waals surface area contributed by atoms with Gasteiger partial charge >= 0.3 is 0 Å². The maximum absolute atomic E-state index is 11.8. The number of hydrogen-bond acceptors (Lipinski definition) is 2. The number of carbonyl (C=O) groups is 1. The second kappa shape index (κ2) is 4.91. The zero-order chi connectivity index (χ0) is 11.5. The minimum absolute atomic E-state index is 0.0516. The number of rotatable bonds is 3. The molecule has 88 valence electrons. The van der Waals surface area contributed by atoms with Gasteiger partial charge in [-0.2, -0.15) is 0 Å². The van der Waals surface area contributed by atoms with Crippen LogP contribution in [0.15, 0.2) is 16.7 Å². The van der Waals surface area contributed by atoms with E-state index in [4.69, 9.17) is 16.0 Å². The molecule has 16 heavy (non-hydrogen) atoms. The van der Waals surface area contributed by atoms with E-state index in [2.05, 4.69) is 5.32 Å². The Kier molecular flexibility index (Phi) is 3.54. The number of hydrogen-bond donors (Lipinski definition) is 1. The van der Waals surface area contributed by atoms with Crippen LogP contribution in [-0.4, -0.2) is 17.8 Å². The van der Waals surface area contributed by atoms with Gasteiger partial charge in [0.25, 0.3) is 5.91 Å². The van der Waals surface area contributed by atoms with E-state index in [-0.39, 0.29) is 11.3 Å². The maximum atomic E-state index is 11.8. The van der Waals surface area contributed by atoms with Crippen molar-refractivity contribution in [2.24, 2.45) is 5.92 Å². The summed E-state index contributed by atoms with van der Waals surface area (Å²) in [6.07, 6.45) is 4.71. The minimum atomic E-state index is -0.0516. The van der Waals surface area contributed by atoms with Gasteiger partial charge in [-0.1, -0.05) is 0 Å². The van der Waals surface area contributed by atoms with Gasteiger partial charge in [-0.15, -0.1) is 11.6 Å². The van der Waals surface area contributed by atoms with Crippen molar-refractivity contribution in [2.75, 3.05) is 6.54 Å². The maximum Gasteiger partial charge on any atom is 0.254 e. The molecule has 1 aliphatic carbocycles. The topological polar surface area (TPSA) is 42.2 Å². The number of nitrogens with one attached hydrogen (secondary N) is 1. The van der Waals surface area contributed by atoms with Crippen LogP contribution < -0.4 is 5.32 Å². The second-order valence-corrected chi connectivity index (χ2v) is 4.99. The molecule has 1 heterocycles. The normalized spacial score (nSPS) is 24.6. The molecule has 1 aromatic heterocycles. The highest BCUT2D eigenvalue weighted by molar-refractivity contribution is 6.20. The molecule has 0 aromatic carbocycles. The van der Waals surface area contributed by atoms with Gasteiger partial charge in [0.15, 0.2) is 0 Å². The first-order chi connectivity index (χ1) is 7.66. The molecule has 3 nitrogen and oxygen atoms in total. The predicted molar refractivity (Wildman–Crippen MR) is 62.8 cm³/mol. The lowest BCUT2D eigenvalue weighted by Crippen LogP contribution is -2.28. The van der Waals surface area contributed by atoms with Crippen molar-refractivity contribution in [1.82, 2.24) is 5.32 Å². The van der Waals surface area contributed by atoms with E-state index >= 15 is 0 Å². The van der Waals surface area contributed by atoms with Gasteiger partial charge in [0.2, 0.25) is 0 Å². The van der Waals surface area contributed by atoms with Crippen molar-refractivity contribution in [3.8, 4) is 0 Å². The highest BCUT2D eigenvalue weighted by atomic mass is 35.5. The molecular formula is C12H16ClNO2. The Balaban J connectivity index is 1.82. The summed E-state index contributed by atoms with van der Waals surface area (Å²) in [7, 11) is 0. The molecule has 0 radical (unpaired) electrons. The average Bonchev–Trinajstić information content (AvgIpc) is 2.84. The molecule has 1 saturated carbocycles. The molecule has 1 N–H and O–H groups in total. The van der Waals surface area contributed by atoms with Crippen molar-refractivity contribution in [3.05, 3.63) is 23.7 Å². The van der Waals surface area contributed by atoms with Gasteiger partial charge in [0.1, 0.15) is 5.76 Å². The zero-order valence-corrected chi connectivity index (χ0v) is 10.1. The summed E-state index contributed by atoms with van der Waals surface area (Å²) in [5, 5.41) is 3.22. The van der Waals surface area contributed by atoms with E-state index < -0.39 is 0 Å². The third-order valence-electron chi connectivity index (χ3n) is 3.13. The van der Waals surface area contributed by atoms with E-state index in [1.165, 1.54) is 6.26 Å². The minimum Gasteiger partial charge on any atom is -0.469 e. The van der Waals surface area contributed by atoms with Crippen LogP contribution in [0.5, 0.6) is 0 Å². The number of halogens is 1. The Morgan fingerprint density at radius 1 is 1.62 bits per heavy atom. The molecule has 2 unspecified atom stereocenters. The largest absolute Gasteiger partial charge is 0.469 e. The Bertz CT molecular complexity index is 375. The van der Waals surface area contributed by atoms with Crippen LogP contribution in [0.1, 0.15) is 35.4 Å². The van der Waals surface area contributed by atoms with Gasteiger partial charge in [-0.25, -0.2) is 0 Å². The van der Waals surface area contributed by atoms with Crippen LogP contribution in [0.2, 0.25) is 0 Å². The van der Waals surface area contributed by atoms with E-state index in [0.717, 1.165) is 19.3 Å². The van der Waals surface area contributed by atoms with Crippen LogP contribution in [0.4, 0.5) is 0 Å². The number of alkyl halides is 1. The molecule has 4 heteroatoms. The van der Waals surface area contributed by atoms with E-state index in [0.29, 0.717) is 23.8 Å². The van der Waals surface area contributed by atoms with Crippen LogP contribution in [0.25, 0.3) is 0 Å². The molecule has 1 aromatic rings. The summed E-state index contributed by atoms with van der Waals surface area (Å²) in [5.74, 6) is 1.14. The first-order valence-corrected chi connectivity index (χ1v) is 6.07. The Morgan fingerprint density at radius 3 is 3.00 bits per heavy atom. The molecule has 0 saturated heterocycles. The van der Waals surface area contributed by atoms with Gasteiger partial charge in [-0.05, 0) is 38.2 Å². The van der Waals surface area contributed by atoms with Crippen LogP contribution in [-0.2, 0) is 0 Å². The van der Waals surface area contributed by atoms with Crippen LogP contribution >= 0.6 is 11.6 Å². The van der Waals surface area contributed by atoms with Gasteiger partial charge in [0, 0.05) is 11.9 Å². The first-order valence-electron chi connectivity index (χ1n) is 5.63. The fourth-order valence-electron chi connectivity index (χ4n) is 2.15. The van der Waals surface area contributed by atoms with Crippen molar-refractivity contribution in [3.63, 3.8) is 0 Å². The summed E-state index contributed by atoms with van der Waals surface area (Å²) < 4.78 is 5.09. The average molecular weight is 242 g/mol. The van der Waals surface area contributed by atoms with Crippen molar-refractivity contribution >= 4 is 17.5 Å². The number of furan rings is 1. The van der Waals surface area contributed by atoms with E-state index in [1.54, 1.807) is 13.0 Å². The number of amides is 1. The summed E-state index contributed by atoms with van der Waals surface area (Å²) in [6, 6.07) is 1.70. The standard InChI is InChI=1S/C12H16ClNO2/c1-8-11(4-5-16-8)12(15)14-7-9-2-3-10(13)6-9/h4-5,9-10H,2-3,6-7H2,1H3,(H,14,15). The summed E-state index contributed by atoms with van der Waals surface area (Å²) in [4.78, 5) is 11.8. The Labute approximate surface area is 100 Å². The fraction of sp³-hybridized carbons (Fsp3) is 0.583. The van der Waals surface area contributed by atoms with E-state index in [9.17, 15) is 4.79 Å². The highest BCUT2D eigenvalue weighted by Gasteiger charge is 2.23. The van der Waals surface area contributed by atoms with Crippen LogP contribution in [0, 0.1) is 12.8 Å². The molecule has 0 aliphatic heterocycles. The molecule has 1 amide bonds. The zero-order valence-electron chi connectivity index (χ0n) is 9.33. The predicted octanol–water partition coefficient (Wildman–Crippen LogP) is 2.73. The van der Waals surface area contributed by atoms with Gasteiger partial charge < -0.3 is 9.73 Å². The lowest BCUT2D eigenvalue weighted by Gasteiger charge is -2.10. The first kappa shape index (κ1) is 11.5. The lowest BCUT2D eigenvalue weighted by atomic mass is 10.1. The molecule has 2 rings (SSSR count). The number of carbonyl (C=O) groups excluding carboxylic acids is 1. The smallest absolute Gasteiger partial charge is 0.254 e. The monoisotopic (exact) mass is 241 g/mol.